The molecule has 0 saturated carbocycles. The fourth-order valence-electron chi connectivity index (χ4n) is 5.45. The van der Waals surface area contributed by atoms with Gasteiger partial charge in [0.15, 0.2) is 0 Å². The molecule has 0 fully saturated rings. The molecule has 2 aromatic heterocycles. The molecular formula is C26H28N2. The van der Waals surface area contributed by atoms with Gasteiger partial charge in [-0.25, -0.2) is 0 Å². The highest BCUT2D eigenvalue weighted by molar-refractivity contribution is 6.27. The van der Waals surface area contributed by atoms with Gasteiger partial charge in [0.25, 0.3) is 0 Å². The molecule has 0 bridgehead atoms. The summed E-state index contributed by atoms with van der Waals surface area (Å²) in [5.74, 6) is 0. The molecule has 0 radical (unpaired) electrons. The monoisotopic (exact) mass is 368 g/mol. The molecule has 0 atom stereocenters. The lowest BCUT2D eigenvalue weighted by atomic mass is 9.93. The van der Waals surface area contributed by atoms with E-state index in [1.807, 2.05) is 0 Å². The van der Waals surface area contributed by atoms with Gasteiger partial charge in [-0.2, -0.15) is 0 Å². The van der Waals surface area contributed by atoms with Gasteiger partial charge in [0.05, 0.1) is 11.0 Å². The predicted molar refractivity (Wildman–Crippen MR) is 123 cm³/mol. The van der Waals surface area contributed by atoms with E-state index in [2.05, 4.69) is 85.4 Å². The summed E-state index contributed by atoms with van der Waals surface area (Å²) in [6.07, 6.45) is 2.14. The maximum Gasteiger partial charge on any atom is 0.0595 e. The van der Waals surface area contributed by atoms with Crippen molar-refractivity contribution in [3.8, 4) is 0 Å². The van der Waals surface area contributed by atoms with Crippen molar-refractivity contribution in [2.45, 2.75) is 53.6 Å². The zero-order valence-corrected chi connectivity index (χ0v) is 17.3. The SMILES string of the molecule is CCc1c(CC)c2c(c3ccccc3n2CC)c2c1c1ccccc1n2CC. The average Bonchev–Trinajstić information content (AvgIpc) is 3.25. The Morgan fingerprint density at radius 1 is 0.571 bits per heavy atom. The largest absolute Gasteiger partial charge is 0.340 e. The van der Waals surface area contributed by atoms with Gasteiger partial charge < -0.3 is 9.13 Å². The molecule has 0 aliphatic carbocycles. The normalized spacial score (nSPS) is 12.1. The van der Waals surface area contributed by atoms with Crippen LogP contribution in [0, 0.1) is 0 Å². The minimum atomic E-state index is 0.985. The smallest absolute Gasteiger partial charge is 0.0595 e. The summed E-state index contributed by atoms with van der Waals surface area (Å²) < 4.78 is 5.08. The highest BCUT2D eigenvalue weighted by Crippen LogP contribution is 2.43. The highest BCUT2D eigenvalue weighted by atomic mass is 15.0. The second-order valence-electron chi connectivity index (χ2n) is 7.63. The lowest BCUT2D eigenvalue weighted by Gasteiger charge is -2.15. The molecule has 0 unspecified atom stereocenters. The molecule has 0 aliphatic rings. The van der Waals surface area contributed by atoms with E-state index in [1.54, 1.807) is 0 Å². The van der Waals surface area contributed by atoms with E-state index >= 15 is 0 Å². The summed E-state index contributed by atoms with van der Waals surface area (Å²) in [5, 5.41) is 5.71. The van der Waals surface area contributed by atoms with Crippen LogP contribution in [0.1, 0.15) is 38.8 Å². The van der Waals surface area contributed by atoms with E-state index in [0.717, 1.165) is 25.9 Å². The maximum absolute atomic E-state index is 2.54. The van der Waals surface area contributed by atoms with Crippen molar-refractivity contribution in [2.75, 3.05) is 0 Å². The first-order chi connectivity index (χ1) is 13.8. The summed E-state index contributed by atoms with van der Waals surface area (Å²) in [6, 6.07) is 17.9. The minimum Gasteiger partial charge on any atom is -0.340 e. The van der Waals surface area contributed by atoms with Crippen LogP contribution in [0.5, 0.6) is 0 Å². The Kier molecular flexibility index (Phi) is 3.97. The molecule has 2 nitrogen and oxygen atoms in total. The Balaban J connectivity index is 2.24. The van der Waals surface area contributed by atoms with Crippen LogP contribution in [-0.4, -0.2) is 9.13 Å². The molecule has 0 saturated heterocycles. The average molecular weight is 369 g/mol. The van der Waals surface area contributed by atoms with Gasteiger partial charge >= 0.3 is 0 Å². The van der Waals surface area contributed by atoms with Crippen LogP contribution >= 0.6 is 0 Å². The Morgan fingerprint density at radius 3 is 1.61 bits per heavy atom. The van der Waals surface area contributed by atoms with Crippen molar-refractivity contribution in [2.24, 2.45) is 0 Å². The number of para-hydroxylation sites is 2. The number of benzene rings is 3. The maximum atomic E-state index is 2.54. The van der Waals surface area contributed by atoms with Crippen LogP contribution < -0.4 is 0 Å². The van der Waals surface area contributed by atoms with Crippen LogP contribution in [0.3, 0.4) is 0 Å². The van der Waals surface area contributed by atoms with E-state index in [9.17, 15) is 0 Å². The van der Waals surface area contributed by atoms with Crippen LogP contribution in [0.4, 0.5) is 0 Å². The van der Waals surface area contributed by atoms with Crippen molar-refractivity contribution in [1.29, 1.82) is 0 Å². The Bertz CT molecular complexity index is 1350. The van der Waals surface area contributed by atoms with E-state index in [0.29, 0.717) is 0 Å². The molecule has 5 aromatic rings. The van der Waals surface area contributed by atoms with Gasteiger partial charge in [0.1, 0.15) is 0 Å². The fraction of sp³-hybridized carbons (Fsp3) is 0.308. The second-order valence-corrected chi connectivity index (χ2v) is 7.63. The zero-order valence-electron chi connectivity index (χ0n) is 17.3. The van der Waals surface area contributed by atoms with Crippen LogP contribution in [0.2, 0.25) is 0 Å². The van der Waals surface area contributed by atoms with Crippen molar-refractivity contribution < 1.29 is 0 Å². The number of hydrogen-bond acceptors (Lipinski definition) is 0. The molecule has 2 heteroatoms. The van der Waals surface area contributed by atoms with Crippen LogP contribution in [0.15, 0.2) is 48.5 Å². The number of rotatable bonds is 4. The van der Waals surface area contributed by atoms with Crippen molar-refractivity contribution in [3.05, 3.63) is 59.7 Å². The van der Waals surface area contributed by atoms with Gasteiger partial charge in [-0.15, -0.1) is 0 Å². The van der Waals surface area contributed by atoms with Crippen LogP contribution in [0.25, 0.3) is 43.6 Å². The lowest BCUT2D eigenvalue weighted by Crippen LogP contribution is -2.02. The quantitative estimate of drug-likeness (QED) is 0.321. The molecule has 0 aliphatic heterocycles. The molecular weight excluding hydrogens is 340 g/mol. The van der Waals surface area contributed by atoms with Crippen molar-refractivity contribution in [3.63, 3.8) is 0 Å². The number of aryl methyl sites for hydroxylation is 4. The summed E-state index contributed by atoms with van der Waals surface area (Å²) in [5.41, 5.74) is 8.66. The molecule has 0 amide bonds. The number of hydrogen-bond donors (Lipinski definition) is 0. The van der Waals surface area contributed by atoms with Crippen LogP contribution in [-0.2, 0) is 25.9 Å². The third-order valence-electron chi connectivity index (χ3n) is 6.47. The zero-order chi connectivity index (χ0) is 19.4. The standard InChI is InChI=1S/C26H28N2/c1-5-17-18(6-2)25-24(20-14-10-12-16-22(20)27(25)7-3)26-23(17)19-13-9-11-15-21(19)28(26)8-4/h9-16H,5-8H2,1-4H3. The minimum absolute atomic E-state index is 0.985. The van der Waals surface area contributed by atoms with Gasteiger partial charge in [-0.1, -0.05) is 50.2 Å². The summed E-state index contributed by atoms with van der Waals surface area (Å²) in [6.45, 7) is 11.2. The van der Waals surface area contributed by atoms with Crippen molar-refractivity contribution in [1.82, 2.24) is 9.13 Å². The van der Waals surface area contributed by atoms with E-state index in [4.69, 9.17) is 0 Å². The molecule has 28 heavy (non-hydrogen) atoms. The Labute approximate surface area is 166 Å². The van der Waals surface area contributed by atoms with E-state index in [-0.39, 0.29) is 0 Å². The molecule has 3 aromatic carbocycles. The summed E-state index contributed by atoms with van der Waals surface area (Å²) in [4.78, 5) is 0. The molecule has 2 heterocycles. The number of fused-ring (bicyclic) bond motifs is 7. The van der Waals surface area contributed by atoms with Gasteiger partial charge in [-0.3, -0.25) is 0 Å². The van der Waals surface area contributed by atoms with Gasteiger partial charge in [-0.05, 0) is 49.9 Å². The number of aromatic nitrogens is 2. The third-order valence-corrected chi connectivity index (χ3v) is 6.47. The van der Waals surface area contributed by atoms with Gasteiger partial charge in [0, 0.05) is 45.7 Å². The molecule has 142 valence electrons. The molecule has 5 rings (SSSR count). The predicted octanol–water partition coefficient (Wildman–Crippen LogP) is 7.07. The first-order valence-corrected chi connectivity index (χ1v) is 10.7. The topological polar surface area (TPSA) is 9.86 Å². The fourth-order valence-corrected chi connectivity index (χ4v) is 5.45. The Morgan fingerprint density at radius 2 is 1.07 bits per heavy atom. The molecule has 0 N–H and O–H groups in total. The summed E-state index contributed by atoms with van der Waals surface area (Å²) in [7, 11) is 0. The molecule has 0 spiro atoms. The lowest BCUT2D eigenvalue weighted by molar-refractivity contribution is 0.817. The van der Waals surface area contributed by atoms with E-state index < -0.39 is 0 Å². The first-order valence-electron chi connectivity index (χ1n) is 10.7. The Hall–Kier alpha value is -2.74. The third kappa shape index (κ3) is 2.03. The van der Waals surface area contributed by atoms with Crippen molar-refractivity contribution >= 4 is 43.6 Å². The highest BCUT2D eigenvalue weighted by Gasteiger charge is 2.23. The van der Waals surface area contributed by atoms with Gasteiger partial charge in [0.2, 0.25) is 0 Å². The summed E-state index contributed by atoms with van der Waals surface area (Å²) >= 11 is 0. The second kappa shape index (κ2) is 6.41. The first kappa shape index (κ1) is 17.4. The number of nitrogens with zero attached hydrogens (tertiary/aromatic N) is 2. The van der Waals surface area contributed by atoms with E-state index in [1.165, 1.54) is 54.7 Å².